The van der Waals surface area contributed by atoms with Gasteiger partial charge in [0.1, 0.15) is 5.75 Å². The minimum atomic E-state index is -0.134. The first-order chi connectivity index (χ1) is 6.57. The molecule has 1 aromatic carbocycles. The van der Waals surface area contributed by atoms with Crippen LogP contribution in [0.25, 0.3) is 0 Å². The van der Waals surface area contributed by atoms with Gasteiger partial charge >= 0.3 is 0 Å². The number of Topliss-reactive ketones (excluding diaryl/α,β-unsaturated/α-hetero) is 1. The molecule has 0 unspecified atom stereocenters. The third kappa shape index (κ3) is 2.13. The molecule has 3 nitrogen and oxygen atoms in total. The predicted octanol–water partition coefficient (Wildman–Crippen LogP) is 1.99. The van der Waals surface area contributed by atoms with Crippen molar-refractivity contribution in [3.63, 3.8) is 0 Å². The van der Waals surface area contributed by atoms with Crippen molar-refractivity contribution in [3.05, 3.63) is 27.7 Å². The van der Waals surface area contributed by atoms with Crippen LogP contribution in [0.3, 0.4) is 0 Å². The second kappa shape index (κ2) is 4.57. The molecular formula is C10H12BrNO2. The van der Waals surface area contributed by atoms with E-state index in [-0.39, 0.29) is 18.0 Å². The Labute approximate surface area is 91.1 Å². The third-order valence-corrected chi connectivity index (χ3v) is 2.98. The van der Waals surface area contributed by atoms with E-state index < -0.39 is 0 Å². The average Bonchev–Trinajstić information content (AvgIpc) is 2.15. The molecule has 0 spiro atoms. The molecule has 0 aliphatic heterocycles. The molecule has 0 aliphatic rings. The first-order valence-corrected chi connectivity index (χ1v) is 5.08. The van der Waals surface area contributed by atoms with Crippen molar-refractivity contribution in [2.75, 3.05) is 6.54 Å². The summed E-state index contributed by atoms with van der Waals surface area (Å²) in [7, 11) is 0. The number of phenolic OH excluding ortho intramolecular Hbond substituents is 1. The Morgan fingerprint density at radius 1 is 1.57 bits per heavy atom. The van der Waals surface area contributed by atoms with Gasteiger partial charge in [-0.1, -0.05) is 6.07 Å². The van der Waals surface area contributed by atoms with Crippen molar-refractivity contribution < 1.29 is 9.90 Å². The molecule has 0 atom stereocenters. The SMILES string of the molecule is Cc1ccc(C(=O)CCN)c(O)c1Br. The lowest BCUT2D eigenvalue weighted by molar-refractivity contribution is 0.0983. The highest BCUT2D eigenvalue weighted by atomic mass is 79.9. The summed E-state index contributed by atoms with van der Waals surface area (Å²) in [5.74, 6) is -0.130. The summed E-state index contributed by atoms with van der Waals surface area (Å²) in [5, 5.41) is 9.67. The monoisotopic (exact) mass is 257 g/mol. The van der Waals surface area contributed by atoms with Crippen LogP contribution in [0.4, 0.5) is 0 Å². The van der Waals surface area contributed by atoms with Gasteiger partial charge in [0.25, 0.3) is 0 Å². The molecule has 0 aliphatic carbocycles. The van der Waals surface area contributed by atoms with Crippen LogP contribution in [0, 0.1) is 6.92 Å². The Bertz CT molecular complexity index is 363. The number of phenols is 1. The van der Waals surface area contributed by atoms with Crippen molar-refractivity contribution in [1.29, 1.82) is 0 Å². The summed E-state index contributed by atoms with van der Waals surface area (Å²) in [4.78, 5) is 11.5. The van der Waals surface area contributed by atoms with E-state index in [2.05, 4.69) is 15.9 Å². The molecule has 0 saturated carbocycles. The van der Waals surface area contributed by atoms with Gasteiger partial charge in [-0.2, -0.15) is 0 Å². The summed E-state index contributed by atoms with van der Waals surface area (Å²) >= 11 is 3.22. The number of hydrogen-bond acceptors (Lipinski definition) is 3. The second-order valence-corrected chi connectivity index (χ2v) is 3.85. The van der Waals surface area contributed by atoms with Crippen LogP contribution in [0.2, 0.25) is 0 Å². The standard InChI is InChI=1S/C10H12BrNO2/c1-6-2-3-7(8(13)4-5-12)10(14)9(6)11/h2-3,14H,4-5,12H2,1H3. The fraction of sp³-hybridized carbons (Fsp3) is 0.300. The molecule has 0 fully saturated rings. The lowest BCUT2D eigenvalue weighted by Gasteiger charge is -2.06. The van der Waals surface area contributed by atoms with Crippen molar-refractivity contribution >= 4 is 21.7 Å². The molecule has 76 valence electrons. The zero-order chi connectivity index (χ0) is 10.7. The van der Waals surface area contributed by atoms with Gasteiger partial charge in [-0.25, -0.2) is 0 Å². The predicted molar refractivity (Wildman–Crippen MR) is 58.5 cm³/mol. The number of aryl methyl sites for hydroxylation is 1. The van der Waals surface area contributed by atoms with Gasteiger partial charge in [-0.3, -0.25) is 4.79 Å². The van der Waals surface area contributed by atoms with Gasteiger partial charge in [0.2, 0.25) is 0 Å². The van der Waals surface area contributed by atoms with Crippen LogP contribution >= 0.6 is 15.9 Å². The van der Waals surface area contributed by atoms with Gasteiger partial charge < -0.3 is 10.8 Å². The fourth-order valence-electron chi connectivity index (χ4n) is 1.16. The van der Waals surface area contributed by atoms with Crippen LogP contribution in [-0.2, 0) is 0 Å². The highest BCUT2D eigenvalue weighted by Gasteiger charge is 2.13. The topological polar surface area (TPSA) is 63.3 Å². The first-order valence-electron chi connectivity index (χ1n) is 4.29. The minimum Gasteiger partial charge on any atom is -0.506 e. The third-order valence-electron chi connectivity index (χ3n) is 1.98. The maximum Gasteiger partial charge on any atom is 0.167 e. The number of hydrogen-bond donors (Lipinski definition) is 2. The molecule has 4 heteroatoms. The van der Waals surface area contributed by atoms with E-state index in [1.807, 2.05) is 6.92 Å². The van der Waals surface area contributed by atoms with E-state index in [9.17, 15) is 9.90 Å². The van der Waals surface area contributed by atoms with Crippen molar-refractivity contribution in [2.24, 2.45) is 5.73 Å². The fourth-order valence-corrected chi connectivity index (χ4v) is 1.50. The van der Waals surface area contributed by atoms with Crippen LogP contribution in [-0.4, -0.2) is 17.4 Å². The number of nitrogens with two attached hydrogens (primary N) is 1. The van der Waals surface area contributed by atoms with E-state index in [0.29, 0.717) is 16.6 Å². The number of aromatic hydroxyl groups is 1. The molecule has 1 rings (SSSR count). The smallest absolute Gasteiger partial charge is 0.167 e. The molecule has 0 heterocycles. The zero-order valence-corrected chi connectivity index (χ0v) is 9.47. The molecule has 3 N–H and O–H groups in total. The average molecular weight is 258 g/mol. The molecule has 0 saturated heterocycles. The van der Waals surface area contributed by atoms with Gasteiger partial charge in [0.15, 0.2) is 5.78 Å². The van der Waals surface area contributed by atoms with Crippen molar-refractivity contribution in [1.82, 2.24) is 0 Å². The molecule has 14 heavy (non-hydrogen) atoms. The number of ketones is 1. The van der Waals surface area contributed by atoms with Crippen LogP contribution in [0.1, 0.15) is 22.3 Å². The molecule has 0 aromatic heterocycles. The van der Waals surface area contributed by atoms with Gasteiger partial charge in [0.05, 0.1) is 10.0 Å². The number of benzene rings is 1. The summed E-state index contributed by atoms with van der Waals surface area (Å²) in [6.07, 6.45) is 0.253. The van der Waals surface area contributed by atoms with Gasteiger partial charge in [-0.15, -0.1) is 0 Å². The Balaban J connectivity index is 3.11. The first kappa shape index (κ1) is 11.2. The highest BCUT2D eigenvalue weighted by Crippen LogP contribution is 2.31. The maximum atomic E-state index is 11.5. The summed E-state index contributed by atoms with van der Waals surface area (Å²) in [5.41, 5.74) is 6.49. The Hall–Kier alpha value is -0.870. The molecule has 0 bridgehead atoms. The van der Waals surface area contributed by atoms with E-state index in [1.54, 1.807) is 12.1 Å². The Kier molecular flexibility index (Phi) is 3.66. The Morgan fingerprint density at radius 2 is 2.21 bits per heavy atom. The molecular weight excluding hydrogens is 246 g/mol. The minimum absolute atomic E-state index is 0.00319. The summed E-state index contributed by atoms with van der Waals surface area (Å²) in [6.45, 7) is 2.14. The summed E-state index contributed by atoms with van der Waals surface area (Å²) < 4.78 is 0.570. The van der Waals surface area contributed by atoms with E-state index >= 15 is 0 Å². The lowest BCUT2D eigenvalue weighted by atomic mass is 10.1. The molecule has 1 aromatic rings. The van der Waals surface area contributed by atoms with Crippen LogP contribution < -0.4 is 5.73 Å². The van der Waals surface area contributed by atoms with E-state index in [1.165, 1.54) is 0 Å². The van der Waals surface area contributed by atoms with Crippen molar-refractivity contribution in [2.45, 2.75) is 13.3 Å². The number of carbonyl (C=O) groups is 1. The number of halogens is 1. The second-order valence-electron chi connectivity index (χ2n) is 3.05. The molecule has 0 radical (unpaired) electrons. The van der Waals surface area contributed by atoms with Gasteiger partial charge in [-0.05, 0) is 41.0 Å². The number of carbonyl (C=O) groups excluding carboxylic acids is 1. The maximum absolute atomic E-state index is 11.5. The van der Waals surface area contributed by atoms with E-state index in [0.717, 1.165) is 5.56 Å². The number of rotatable bonds is 3. The van der Waals surface area contributed by atoms with E-state index in [4.69, 9.17) is 5.73 Å². The van der Waals surface area contributed by atoms with Crippen molar-refractivity contribution in [3.8, 4) is 5.75 Å². The Morgan fingerprint density at radius 3 is 2.79 bits per heavy atom. The summed E-state index contributed by atoms with van der Waals surface area (Å²) in [6, 6.07) is 3.40. The molecule has 0 amide bonds. The largest absolute Gasteiger partial charge is 0.506 e. The highest BCUT2D eigenvalue weighted by molar-refractivity contribution is 9.10. The van der Waals surface area contributed by atoms with Gasteiger partial charge in [0, 0.05) is 6.42 Å². The lowest BCUT2D eigenvalue weighted by Crippen LogP contribution is -2.08. The quantitative estimate of drug-likeness (QED) is 0.815. The zero-order valence-electron chi connectivity index (χ0n) is 7.88. The van der Waals surface area contributed by atoms with Crippen LogP contribution in [0.15, 0.2) is 16.6 Å². The normalized spacial score (nSPS) is 10.2. The van der Waals surface area contributed by atoms with Crippen LogP contribution in [0.5, 0.6) is 5.75 Å².